The number of nitrogens with one attached hydrogen (secondary N) is 1. The van der Waals surface area contributed by atoms with Gasteiger partial charge in [0, 0.05) is 23.9 Å². The van der Waals surface area contributed by atoms with Crippen molar-refractivity contribution in [2.24, 2.45) is 0 Å². The average Bonchev–Trinajstić information content (AvgIpc) is 3.14. The molecule has 2 heterocycles. The van der Waals surface area contributed by atoms with E-state index in [1.807, 2.05) is 0 Å². The van der Waals surface area contributed by atoms with E-state index < -0.39 is 15.9 Å². The number of nitrogens with zero attached hydrogens (tertiary/aromatic N) is 2. The molecule has 0 spiro atoms. The van der Waals surface area contributed by atoms with Crippen molar-refractivity contribution in [1.29, 1.82) is 0 Å². The van der Waals surface area contributed by atoms with Gasteiger partial charge in [0.1, 0.15) is 0 Å². The summed E-state index contributed by atoms with van der Waals surface area (Å²) in [4.78, 5) is 26.6. The molecule has 0 bridgehead atoms. The standard InChI is InChI=1S/C20H17N3O5S/c1-14(24)6-8-16-4-2-3-5-18(16)29(27,28)23-11-10-17-12-15(13-21-20(17)23)7-9-19(25)22-26/h2-13,26H,1H3,(H,22,25). The number of aromatic nitrogens is 2. The molecular formula is C20H17N3O5S. The highest BCUT2D eigenvalue weighted by Crippen LogP contribution is 2.25. The lowest BCUT2D eigenvalue weighted by Crippen LogP contribution is -2.14. The minimum Gasteiger partial charge on any atom is -0.295 e. The van der Waals surface area contributed by atoms with E-state index in [1.54, 1.807) is 30.3 Å². The maximum Gasteiger partial charge on any atom is 0.269 e. The number of carbonyl (C=O) groups is 2. The Kier molecular flexibility index (Phi) is 5.71. The fourth-order valence-corrected chi connectivity index (χ4v) is 4.18. The summed E-state index contributed by atoms with van der Waals surface area (Å²) in [6.45, 7) is 1.38. The van der Waals surface area contributed by atoms with Crippen LogP contribution in [0.1, 0.15) is 18.1 Å². The van der Waals surface area contributed by atoms with Gasteiger partial charge >= 0.3 is 0 Å². The van der Waals surface area contributed by atoms with E-state index in [0.29, 0.717) is 16.5 Å². The van der Waals surface area contributed by atoms with E-state index in [0.717, 1.165) is 10.0 Å². The van der Waals surface area contributed by atoms with Crippen molar-refractivity contribution < 1.29 is 23.2 Å². The second-order valence-electron chi connectivity index (χ2n) is 6.09. The molecule has 3 rings (SSSR count). The predicted molar refractivity (Wildman–Crippen MR) is 107 cm³/mol. The molecule has 2 aromatic heterocycles. The minimum atomic E-state index is -3.97. The van der Waals surface area contributed by atoms with Crippen LogP contribution in [0.15, 0.2) is 65.8 Å². The van der Waals surface area contributed by atoms with Crippen LogP contribution in [0.25, 0.3) is 23.2 Å². The van der Waals surface area contributed by atoms with Gasteiger partial charge in [-0.3, -0.25) is 14.8 Å². The quantitative estimate of drug-likeness (QED) is 0.365. The fourth-order valence-electron chi connectivity index (χ4n) is 2.68. The second-order valence-corrected chi connectivity index (χ2v) is 7.87. The summed E-state index contributed by atoms with van der Waals surface area (Å²) in [5.74, 6) is -0.888. The molecule has 0 atom stereocenters. The molecule has 0 saturated carbocycles. The number of hydroxylamine groups is 1. The van der Waals surface area contributed by atoms with Gasteiger partial charge in [-0.2, -0.15) is 0 Å². The van der Waals surface area contributed by atoms with Crippen LogP contribution in [0, 0.1) is 0 Å². The number of amides is 1. The highest BCUT2D eigenvalue weighted by molar-refractivity contribution is 7.90. The first-order valence-electron chi connectivity index (χ1n) is 8.45. The Labute approximate surface area is 166 Å². The molecular weight excluding hydrogens is 394 g/mol. The van der Waals surface area contributed by atoms with Crippen LogP contribution >= 0.6 is 0 Å². The maximum absolute atomic E-state index is 13.2. The SMILES string of the molecule is CC(=O)C=Cc1ccccc1S(=O)(=O)n1ccc2cc(C=CC(=O)NO)cnc21. The molecule has 29 heavy (non-hydrogen) atoms. The molecule has 3 aromatic rings. The zero-order chi connectivity index (χ0) is 21.0. The molecule has 0 radical (unpaired) electrons. The van der Waals surface area contributed by atoms with E-state index in [9.17, 15) is 18.0 Å². The van der Waals surface area contributed by atoms with Crippen molar-refractivity contribution in [1.82, 2.24) is 14.4 Å². The number of hydrogen-bond donors (Lipinski definition) is 2. The van der Waals surface area contributed by atoms with Crippen LogP contribution < -0.4 is 5.48 Å². The molecule has 1 amide bonds. The molecule has 8 nitrogen and oxygen atoms in total. The van der Waals surface area contributed by atoms with Crippen LogP contribution in [0.2, 0.25) is 0 Å². The predicted octanol–water partition coefficient (Wildman–Crippen LogP) is 2.39. The number of ketones is 1. The highest BCUT2D eigenvalue weighted by Gasteiger charge is 2.22. The summed E-state index contributed by atoms with van der Waals surface area (Å²) < 4.78 is 27.5. The summed E-state index contributed by atoms with van der Waals surface area (Å²) in [6, 6.07) is 9.62. The Morgan fingerprint density at radius 2 is 1.90 bits per heavy atom. The highest BCUT2D eigenvalue weighted by atomic mass is 32.2. The van der Waals surface area contributed by atoms with Crippen molar-refractivity contribution in [3.8, 4) is 0 Å². The molecule has 2 N–H and O–H groups in total. The Morgan fingerprint density at radius 3 is 2.62 bits per heavy atom. The molecule has 0 aliphatic heterocycles. The number of fused-ring (bicyclic) bond motifs is 1. The number of carbonyl (C=O) groups excluding carboxylic acids is 2. The number of allylic oxidation sites excluding steroid dienone is 1. The number of rotatable bonds is 6. The summed E-state index contributed by atoms with van der Waals surface area (Å²) in [7, 11) is -3.97. The van der Waals surface area contributed by atoms with Crippen molar-refractivity contribution >= 4 is 44.9 Å². The van der Waals surface area contributed by atoms with Crippen LogP contribution in [0.3, 0.4) is 0 Å². The molecule has 0 aliphatic carbocycles. The third kappa shape index (κ3) is 4.31. The van der Waals surface area contributed by atoms with E-state index in [-0.39, 0.29) is 16.3 Å². The fraction of sp³-hybridized carbons (Fsp3) is 0.0500. The summed E-state index contributed by atoms with van der Waals surface area (Å²) in [6.07, 6.45) is 8.13. The molecule has 0 fully saturated rings. The first-order valence-corrected chi connectivity index (χ1v) is 9.89. The van der Waals surface area contributed by atoms with Gasteiger partial charge in [-0.25, -0.2) is 22.9 Å². The smallest absolute Gasteiger partial charge is 0.269 e. The third-order valence-electron chi connectivity index (χ3n) is 4.01. The first kappa shape index (κ1) is 20.2. The Balaban J connectivity index is 2.06. The van der Waals surface area contributed by atoms with Crippen LogP contribution in [-0.2, 0) is 19.6 Å². The lowest BCUT2D eigenvalue weighted by atomic mass is 10.2. The van der Waals surface area contributed by atoms with Gasteiger partial charge in [-0.1, -0.05) is 24.3 Å². The van der Waals surface area contributed by atoms with Crippen LogP contribution in [0.4, 0.5) is 0 Å². The van der Waals surface area contributed by atoms with Gasteiger partial charge in [-0.15, -0.1) is 0 Å². The largest absolute Gasteiger partial charge is 0.295 e. The number of pyridine rings is 1. The zero-order valence-corrected chi connectivity index (χ0v) is 16.1. The van der Waals surface area contributed by atoms with Gasteiger partial charge in [0.2, 0.25) is 0 Å². The molecule has 148 valence electrons. The van der Waals surface area contributed by atoms with Crippen LogP contribution in [-0.4, -0.2) is 34.3 Å². The third-order valence-corrected chi connectivity index (χ3v) is 5.75. The second kappa shape index (κ2) is 8.21. The average molecular weight is 411 g/mol. The molecule has 0 saturated heterocycles. The zero-order valence-electron chi connectivity index (χ0n) is 15.3. The molecule has 9 heteroatoms. The van der Waals surface area contributed by atoms with Crippen molar-refractivity contribution in [2.75, 3.05) is 0 Å². The first-order chi connectivity index (χ1) is 13.8. The molecule has 1 aromatic carbocycles. The van der Waals surface area contributed by atoms with E-state index >= 15 is 0 Å². The van der Waals surface area contributed by atoms with E-state index in [1.165, 1.54) is 49.1 Å². The summed E-state index contributed by atoms with van der Waals surface area (Å²) in [5, 5.41) is 9.07. The van der Waals surface area contributed by atoms with Crippen molar-refractivity contribution in [3.05, 3.63) is 72.1 Å². The van der Waals surface area contributed by atoms with E-state index in [2.05, 4.69) is 4.98 Å². The van der Waals surface area contributed by atoms with Gasteiger partial charge in [0.25, 0.3) is 15.9 Å². The summed E-state index contributed by atoms with van der Waals surface area (Å²) in [5.41, 5.74) is 2.65. The Hall–Kier alpha value is -3.56. The lowest BCUT2D eigenvalue weighted by Gasteiger charge is -2.10. The minimum absolute atomic E-state index is 0.0420. The van der Waals surface area contributed by atoms with E-state index in [4.69, 9.17) is 5.21 Å². The van der Waals surface area contributed by atoms with Gasteiger partial charge in [-0.05, 0) is 48.4 Å². The normalized spacial score (nSPS) is 12.1. The Morgan fingerprint density at radius 1 is 1.14 bits per heavy atom. The Bertz CT molecular complexity index is 1260. The van der Waals surface area contributed by atoms with Gasteiger partial charge in [0.05, 0.1) is 4.90 Å². The topological polar surface area (TPSA) is 118 Å². The number of benzene rings is 1. The molecule has 0 aliphatic rings. The molecule has 0 unspecified atom stereocenters. The van der Waals surface area contributed by atoms with Crippen molar-refractivity contribution in [3.63, 3.8) is 0 Å². The van der Waals surface area contributed by atoms with Gasteiger partial charge < -0.3 is 0 Å². The maximum atomic E-state index is 13.2. The monoisotopic (exact) mass is 411 g/mol. The lowest BCUT2D eigenvalue weighted by molar-refractivity contribution is -0.124. The van der Waals surface area contributed by atoms with Crippen LogP contribution in [0.5, 0.6) is 0 Å². The van der Waals surface area contributed by atoms with Gasteiger partial charge in [0.15, 0.2) is 11.4 Å². The van der Waals surface area contributed by atoms with Crippen molar-refractivity contribution in [2.45, 2.75) is 11.8 Å². The summed E-state index contributed by atoms with van der Waals surface area (Å²) >= 11 is 0. The number of hydrogen-bond acceptors (Lipinski definition) is 6.